The summed E-state index contributed by atoms with van der Waals surface area (Å²) in [4.78, 5) is 19.6. The van der Waals surface area contributed by atoms with Gasteiger partial charge in [-0.25, -0.2) is 4.98 Å². The Balaban J connectivity index is 1.43. The van der Waals surface area contributed by atoms with E-state index in [-0.39, 0.29) is 5.92 Å². The lowest BCUT2D eigenvalue weighted by Crippen LogP contribution is -2.42. The van der Waals surface area contributed by atoms with Crippen LogP contribution in [-0.2, 0) is 11.8 Å². The first-order valence-corrected chi connectivity index (χ1v) is 9.34. The van der Waals surface area contributed by atoms with Crippen molar-refractivity contribution in [3.63, 3.8) is 0 Å². The van der Waals surface area contributed by atoms with Crippen molar-refractivity contribution in [1.82, 2.24) is 24.2 Å². The topological polar surface area (TPSA) is 56.0 Å². The van der Waals surface area contributed by atoms with E-state index in [9.17, 15) is 4.79 Å². The second-order valence-electron chi connectivity index (χ2n) is 7.82. The van der Waals surface area contributed by atoms with Gasteiger partial charge >= 0.3 is 0 Å². The molecule has 134 valence electrons. The normalized spacial score (nSPS) is 26.2. The van der Waals surface area contributed by atoms with Gasteiger partial charge in [-0.05, 0) is 30.7 Å². The fraction of sp³-hybridized carbons (Fsp3) is 0.632. The molecular formula is C19H27N5O. The van der Waals surface area contributed by atoms with Gasteiger partial charge in [0, 0.05) is 50.6 Å². The Kier molecular flexibility index (Phi) is 4.13. The average molecular weight is 341 g/mol. The van der Waals surface area contributed by atoms with E-state index in [1.54, 1.807) is 0 Å². The zero-order valence-corrected chi connectivity index (χ0v) is 15.3. The van der Waals surface area contributed by atoms with Crippen LogP contribution in [0.3, 0.4) is 0 Å². The molecule has 0 N–H and O–H groups in total. The number of likely N-dealkylation sites (tertiary alicyclic amines) is 1. The second-order valence-corrected chi connectivity index (χ2v) is 7.82. The highest BCUT2D eigenvalue weighted by molar-refractivity contribution is 5.83. The van der Waals surface area contributed by atoms with E-state index in [4.69, 9.17) is 0 Å². The maximum atomic E-state index is 13.0. The molecule has 2 aromatic rings. The summed E-state index contributed by atoms with van der Waals surface area (Å²) in [5.41, 5.74) is 1.20. The zero-order chi connectivity index (χ0) is 17.6. The molecule has 0 spiro atoms. The molecule has 2 fully saturated rings. The van der Waals surface area contributed by atoms with Crippen LogP contribution in [0.5, 0.6) is 0 Å². The SMILES string of the molecule is CC(C)c1nccn1C1CCCN(C(=O)C2CC2c2cnn(C)c2)C1. The summed E-state index contributed by atoms with van der Waals surface area (Å²) in [5, 5.41) is 4.24. The number of nitrogens with zero attached hydrogens (tertiary/aromatic N) is 5. The Morgan fingerprint density at radius 3 is 2.92 bits per heavy atom. The molecule has 6 nitrogen and oxygen atoms in total. The van der Waals surface area contributed by atoms with E-state index in [1.807, 2.05) is 30.3 Å². The lowest BCUT2D eigenvalue weighted by molar-refractivity contribution is -0.134. The standard InChI is InChI=1S/C19H27N5O/c1-13(2)18-20-6-8-24(18)15-5-4-7-23(12-15)19(25)17-9-16(17)14-10-21-22(3)11-14/h6,8,10-11,13,15-17H,4-5,7,9,12H2,1-3H3. The third-order valence-corrected chi connectivity index (χ3v) is 5.58. The van der Waals surface area contributed by atoms with Crippen molar-refractivity contribution in [2.24, 2.45) is 13.0 Å². The molecule has 0 aromatic carbocycles. The molecule has 1 aliphatic carbocycles. The number of aryl methyl sites for hydroxylation is 1. The number of imidazole rings is 1. The van der Waals surface area contributed by atoms with Crippen molar-refractivity contribution in [2.45, 2.75) is 51.0 Å². The summed E-state index contributed by atoms with van der Waals surface area (Å²) in [7, 11) is 1.93. The molecule has 1 saturated heterocycles. The van der Waals surface area contributed by atoms with Crippen LogP contribution < -0.4 is 0 Å². The fourth-order valence-corrected chi connectivity index (χ4v) is 4.16. The first kappa shape index (κ1) is 16.4. The quantitative estimate of drug-likeness (QED) is 0.859. The number of carbonyl (C=O) groups excluding carboxylic acids is 1. The van der Waals surface area contributed by atoms with E-state index >= 15 is 0 Å². The first-order chi connectivity index (χ1) is 12.0. The molecule has 3 atom stereocenters. The van der Waals surface area contributed by atoms with Crippen molar-refractivity contribution >= 4 is 5.91 Å². The lowest BCUT2D eigenvalue weighted by Gasteiger charge is -2.34. The number of piperidine rings is 1. The monoisotopic (exact) mass is 341 g/mol. The minimum atomic E-state index is 0.148. The van der Waals surface area contributed by atoms with E-state index in [1.165, 1.54) is 5.56 Å². The Morgan fingerprint density at radius 1 is 1.36 bits per heavy atom. The molecule has 2 aliphatic rings. The van der Waals surface area contributed by atoms with Crippen LogP contribution >= 0.6 is 0 Å². The molecule has 6 heteroatoms. The Hall–Kier alpha value is -2.11. The molecule has 1 saturated carbocycles. The third-order valence-electron chi connectivity index (χ3n) is 5.58. The molecule has 25 heavy (non-hydrogen) atoms. The van der Waals surface area contributed by atoms with Crippen LogP contribution in [0.2, 0.25) is 0 Å². The van der Waals surface area contributed by atoms with Crippen molar-refractivity contribution in [3.05, 3.63) is 36.2 Å². The summed E-state index contributed by atoms with van der Waals surface area (Å²) in [6.45, 7) is 6.04. The molecule has 4 rings (SSSR count). The summed E-state index contributed by atoms with van der Waals surface area (Å²) in [5.74, 6) is 2.36. The zero-order valence-electron chi connectivity index (χ0n) is 15.3. The van der Waals surface area contributed by atoms with Crippen LogP contribution in [-0.4, -0.2) is 43.2 Å². The predicted octanol–water partition coefficient (Wildman–Crippen LogP) is 2.71. The summed E-state index contributed by atoms with van der Waals surface area (Å²) in [6, 6.07) is 0.355. The number of hydrogen-bond donors (Lipinski definition) is 0. The fourth-order valence-electron chi connectivity index (χ4n) is 4.16. The molecule has 2 aromatic heterocycles. The Bertz CT molecular complexity index is 761. The van der Waals surface area contributed by atoms with Gasteiger partial charge in [-0.1, -0.05) is 13.8 Å². The number of aromatic nitrogens is 4. The minimum absolute atomic E-state index is 0.148. The van der Waals surface area contributed by atoms with Crippen LogP contribution in [0.25, 0.3) is 0 Å². The Labute approximate surface area is 148 Å². The summed E-state index contributed by atoms with van der Waals surface area (Å²) >= 11 is 0. The van der Waals surface area contributed by atoms with Gasteiger partial charge in [0.1, 0.15) is 5.82 Å². The summed E-state index contributed by atoms with van der Waals surface area (Å²) < 4.78 is 4.11. The van der Waals surface area contributed by atoms with Crippen molar-refractivity contribution in [1.29, 1.82) is 0 Å². The Morgan fingerprint density at radius 2 is 2.20 bits per heavy atom. The number of carbonyl (C=O) groups is 1. The number of hydrogen-bond acceptors (Lipinski definition) is 3. The largest absolute Gasteiger partial charge is 0.340 e. The highest BCUT2D eigenvalue weighted by Gasteiger charge is 2.47. The van der Waals surface area contributed by atoms with E-state index in [0.717, 1.165) is 38.2 Å². The lowest BCUT2D eigenvalue weighted by atomic mass is 10.0. The van der Waals surface area contributed by atoms with Crippen LogP contribution in [0.1, 0.15) is 62.4 Å². The maximum absolute atomic E-state index is 13.0. The average Bonchev–Trinajstić information content (AvgIpc) is 3.03. The maximum Gasteiger partial charge on any atom is 0.226 e. The predicted molar refractivity (Wildman–Crippen MR) is 95.2 cm³/mol. The highest BCUT2D eigenvalue weighted by atomic mass is 16.2. The van der Waals surface area contributed by atoms with Gasteiger partial charge in [0.2, 0.25) is 5.91 Å². The molecule has 0 bridgehead atoms. The van der Waals surface area contributed by atoms with Gasteiger partial charge in [0.15, 0.2) is 0 Å². The van der Waals surface area contributed by atoms with Gasteiger partial charge in [-0.2, -0.15) is 5.10 Å². The summed E-state index contributed by atoms with van der Waals surface area (Å²) in [6.07, 6.45) is 11.1. The van der Waals surface area contributed by atoms with Crippen LogP contribution in [0.4, 0.5) is 0 Å². The van der Waals surface area contributed by atoms with Gasteiger partial charge in [0.25, 0.3) is 0 Å². The van der Waals surface area contributed by atoms with Crippen molar-refractivity contribution < 1.29 is 4.79 Å². The van der Waals surface area contributed by atoms with E-state index in [0.29, 0.717) is 23.8 Å². The van der Waals surface area contributed by atoms with Gasteiger partial charge in [0.05, 0.1) is 12.2 Å². The molecule has 1 amide bonds. The highest BCUT2D eigenvalue weighted by Crippen LogP contribution is 2.48. The number of rotatable bonds is 4. The molecule has 3 heterocycles. The van der Waals surface area contributed by atoms with E-state index < -0.39 is 0 Å². The van der Waals surface area contributed by atoms with Crippen LogP contribution in [0.15, 0.2) is 24.8 Å². The third kappa shape index (κ3) is 3.10. The first-order valence-electron chi connectivity index (χ1n) is 9.34. The van der Waals surface area contributed by atoms with Crippen molar-refractivity contribution in [3.8, 4) is 0 Å². The van der Waals surface area contributed by atoms with Gasteiger partial charge < -0.3 is 9.47 Å². The van der Waals surface area contributed by atoms with Gasteiger partial charge in [-0.3, -0.25) is 9.48 Å². The molecule has 1 aliphatic heterocycles. The molecule has 3 unspecified atom stereocenters. The van der Waals surface area contributed by atoms with Gasteiger partial charge in [-0.15, -0.1) is 0 Å². The minimum Gasteiger partial charge on any atom is -0.340 e. The molecular weight excluding hydrogens is 314 g/mol. The number of amides is 1. The van der Waals surface area contributed by atoms with Crippen molar-refractivity contribution in [2.75, 3.05) is 13.1 Å². The molecule has 0 radical (unpaired) electrons. The van der Waals surface area contributed by atoms with Crippen LogP contribution in [0, 0.1) is 5.92 Å². The second kappa shape index (κ2) is 6.32. The smallest absolute Gasteiger partial charge is 0.226 e. The van der Waals surface area contributed by atoms with E-state index in [2.05, 4.69) is 39.6 Å².